The Balaban J connectivity index is 1.99. The summed E-state index contributed by atoms with van der Waals surface area (Å²) < 4.78 is 1.02. The van der Waals surface area contributed by atoms with Gasteiger partial charge in [-0.3, -0.25) is 4.79 Å². The number of halogens is 1. The average molecular weight is 367 g/mol. The molecule has 1 N–H and O–H groups in total. The normalized spacial score (nSPS) is 16.8. The van der Waals surface area contributed by atoms with E-state index in [2.05, 4.69) is 34.2 Å². The largest absolute Gasteiger partial charge is 0.342 e. The van der Waals surface area contributed by atoms with Crippen LogP contribution in [-0.4, -0.2) is 37.0 Å². The van der Waals surface area contributed by atoms with Gasteiger partial charge in [0.2, 0.25) is 5.91 Å². The minimum atomic E-state index is -0.474. The standard InChI is InChI=1S/C18H27BrN2O/c1-4-20-13-14-8-10-21(11-9-14)17(22)18(2,3)15-6-5-7-16(19)12-15/h5-7,12,14,20H,4,8-11,13H2,1-3H3. The van der Waals surface area contributed by atoms with Crippen LogP contribution in [0.5, 0.6) is 0 Å². The Morgan fingerprint density at radius 2 is 2.05 bits per heavy atom. The molecule has 1 aromatic rings. The molecule has 3 nitrogen and oxygen atoms in total. The predicted octanol–water partition coefficient (Wildman–Crippen LogP) is 3.57. The second kappa shape index (κ2) is 7.60. The highest BCUT2D eigenvalue weighted by atomic mass is 79.9. The predicted molar refractivity (Wildman–Crippen MR) is 95.0 cm³/mol. The molecule has 22 heavy (non-hydrogen) atoms. The highest BCUT2D eigenvalue weighted by Crippen LogP contribution is 2.29. The lowest BCUT2D eigenvalue weighted by Crippen LogP contribution is -2.47. The lowest BCUT2D eigenvalue weighted by Gasteiger charge is -2.37. The first-order valence-corrected chi connectivity index (χ1v) is 9.00. The molecule has 0 radical (unpaired) electrons. The van der Waals surface area contributed by atoms with E-state index in [-0.39, 0.29) is 5.91 Å². The molecular formula is C18H27BrN2O. The van der Waals surface area contributed by atoms with Crippen molar-refractivity contribution in [2.24, 2.45) is 5.92 Å². The molecule has 122 valence electrons. The van der Waals surface area contributed by atoms with Crippen LogP contribution < -0.4 is 5.32 Å². The van der Waals surface area contributed by atoms with Gasteiger partial charge in [0.05, 0.1) is 5.41 Å². The van der Waals surface area contributed by atoms with Crippen molar-refractivity contribution < 1.29 is 4.79 Å². The van der Waals surface area contributed by atoms with Crippen molar-refractivity contribution in [3.05, 3.63) is 34.3 Å². The van der Waals surface area contributed by atoms with Gasteiger partial charge in [0.25, 0.3) is 0 Å². The van der Waals surface area contributed by atoms with E-state index in [0.717, 1.165) is 49.1 Å². The number of carbonyl (C=O) groups is 1. The zero-order chi connectivity index (χ0) is 16.2. The molecule has 1 saturated heterocycles. The fourth-order valence-electron chi connectivity index (χ4n) is 3.08. The first-order chi connectivity index (χ1) is 10.4. The first-order valence-electron chi connectivity index (χ1n) is 8.21. The highest BCUT2D eigenvalue weighted by Gasteiger charge is 2.35. The summed E-state index contributed by atoms with van der Waals surface area (Å²) in [6.07, 6.45) is 2.21. The van der Waals surface area contributed by atoms with Crippen LogP contribution in [0.15, 0.2) is 28.7 Å². The Morgan fingerprint density at radius 3 is 2.64 bits per heavy atom. The van der Waals surface area contributed by atoms with Crippen molar-refractivity contribution in [2.45, 2.75) is 39.0 Å². The maximum absolute atomic E-state index is 12.9. The molecule has 1 fully saturated rings. The van der Waals surface area contributed by atoms with Gasteiger partial charge in [0.1, 0.15) is 0 Å². The van der Waals surface area contributed by atoms with E-state index in [1.54, 1.807) is 0 Å². The summed E-state index contributed by atoms with van der Waals surface area (Å²) in [5.41, 5.74) is 0.597. The van der Waals surface area contributed by atoms with Crippen LogP contribution in [-0.2, 0) is 10.2 Å². The molecule has 1 heterocycles. The molecule has 1 amide bonds. The van der Waals surface area contributed by atoms with Crippen LogP contribution >= 0.6 is 15.9 Å². The number of benzene rings is 1. The molecule has 1 aliphatic heterocycles. The van der Waals surface area contributed by atoms with Gasteiger partial charge in [-0.15, -0.1) is 0 Å². The van der Waals surface area contributed by atoms with E-state index in [9.17, 15) is 4.79 Å². The van der Waals surface area contributed by atoms with Crippen LogP contribution in [0.25, 0.3) is 0 Å². The van der Waals surface area contributed by atoms with Crippen LogP contribution in [0.4, 0.5) is 0 Å². The van der Waals surface area contributed by atoms with Gasteiger partial charge >= 0.3 is 0 Å². The van der Waals surface area contributed by atoms with E-state index in [0.29, 0.717) is 5.92 Å². The van der Waals surface area contributed by atoms with Gasteiger partial charge in [0.15, 0.2) is 0 Å². The third-order valence-corrected chi connectivity index (χ3v) is 5.16. The van der Waals surface area contributed by atoms with Gasteiger partial charge in [0, 0.05) is 17.6 Å². The second-order valence-electron chi connectivity index (χ2n) is 6.68. The van der Waals surface area contributed by atoms with E-state index in [1.807, 2.05) is 36.9 Å². The van der Waals surface area contributed by atoms with Gasteiger partial charge in [-0.2, -0.15) is 0 Å². The smallest absolute Gasteiger partial charge is 0.232 e. The summed E-state index contributed by atoms with van der Waals surface area (Å²) in [4.78, 5) is 15.0. The van der Waals surface area contributed by atoms with Crippen molar-refractivity contribution in [1.29, 1.82) is 0 Å². The van der Waals surface area contributed by atoms with Crippen LogP contribution in [0.1, 0.15) is 39.2 Å². The third kappa shape index (κ3) is 4.11. The van der Waals surface area contributed by atoms with Crippen molar-refractivity contribution in [1.82, 2.24) is 10.2 Å². The fourth-order valence-corrected chi connectivity index (χ4v) is 3.48. The van der Waals surface area contributed by atoms with Gasteiger partial charge in [-0.25, -0.2) is 0 Å². The Morgan fingerprint density at radius 1 is 1.36 bits per heavy atom. The zero-order valence-electron chi connectivity index (χ0n) is 13.9. The minimum absolute atomic E-state index is 0.243. The number of amides is 1. The maximum atomic E-state index is 12.9. The Hall–Kier alpha value is -0.870. The first kappa shape index (κ1) is 17.5. The SMILES string of the molecule is CCNCC1CCN(C(=O)C(C)(C)c2cccc(Br)c2)CC1. The number of piperidine rings is 1. The molecule has 4 heteroatoms. The van der Waals surface area contributed by atoms with E-state index in [4.69, 9.17) is 0 Å². The summed E-state index contributed by atoms with van der Waals surface area (Å²) >= 11 is 3.50. The summed E-state index contributed by atoms with van der Waals surface area (Å²) in [7, 11) is 0. The average Bonchev–Trinajstić information content (AvgIpc) is 2.52. The van der Waals surface area contributed by atoms with Crippen LogP contribution in [0.3, 0.4) is 0 Å². The highest BCUT2D eigenvalue weighted by molar-refractivity contribution is 9.10. The van der Waals surface area contributed by atoms with Gasteiger partial charge in [-0.05, 0) is 63.4 Å². The Kier molecular flexibility index (Phi) is 6.04. The molecule has 0 aromatic heterocycles. The van der Waals surface area contributed by atoms with Crippen LogP contribution in [0, 0.1) is 5.92 Å². The molecule has 0 saturated carbocycles. The number of hydrogen-bond donors (Lipinski definition) is 1. The lowest BCUT2D eigenvalue weighted by molar-refractivity contribution is -0.137. The van der Waals surface area contributed by atoms with Crippen molar-refractivity contribution in [2.75, 3.05) is 26.2 Å². The molecule has 2 rings (SSSR count). The lowest BCUT2D eigenvalue weighted by atomic mass is 9.82. The molecule has 0 unspecified atom stereocenters. The number of nitrogens with one attached hydrogen (secondary N) is 1. The molecular weight excluding hydrogens is 340 g/mol. The van der Waals surface area contributed by atoms with E-state index < -0.39 is 5.41 Å². The summed E-state index contributed by atoms with van der Waals surface area (Å²) in [6, 6.07) is 8.09. The Bertz CT molecular complexity index is 508. The van der Waals surface area contributed by atoms with Crippen molar-refractivity contribution in [3.8, 4) is 0 Å². The number of hydrogen-bond acceptors (Lipinski definition) is 2. The third-order valence-electron chi connectivity index (χ3n) is 4.67. The molecule has 1 aromatic carbocycles. The van der Waals surface area contributed by atoms with E-state index >= 15 is 0 Å². The maximum Gasteiger partial charge on any atom is 0.232 e. The monoisotopic (exact) mass is 366 g/mol. The Labute approximate surface area is 142 Å². The quantitative estimate of drug-likeness (QED) is 0.863. The van der Waals surface area contributed by atoms with Crippen molar-refractivity contribution in [3.63, 3.8) is 0 Å². The van der Waals surface area contributed by atoms with Gasteiger partial charge < -0.3 is 10.2 Å². The second-order valence-corrected chi connectivity index (χ2v) is 7.59. The topological polar surface area (TPSA) is 32.3 Å². The molecule has 0 aliphatic carbocycles. The molecule has 0 spiro atoms. The molecule has 1 aliphatic rings. The zero-order valence-corrected chi connectivity index (χ0v) is 15.4. The van der Waals surface area contributed by atoms with Crippen LogP contribution in [0.2, 0.25) is 0 Å². The fraction of sp³-hybridized carbons (Fsp3) is 0.611. The summed E-state index contributed by atoms with van der Waals surface area (Å²) in [6.45, 7) is 10.1. The van der Waals surface area contributed by atoms with Crippen molar-refractivity contribution >= 4 is 21.8 Å². The summed E-state index contributed by atoms with van der Waals surface area (Å²) in [5, 5.41) is 3.42. The summed E-state index contributed by atoms with van der Waals surface area (Å²) in [5.74, 6) is 0.950. The minimum Gasteiger partial charge on any atom is -0.342 e. The van der Waals surface area contributed by atoms with E-state index in [1.165, 1.54) is 0 Å². The number of rotatable bonds is 5. The number of nitrogens with zero attached hydrogens (tertiary/aromatic N) is 1. The molecule has 0 atom stereocenters. The number of likely N-dealkylation sites (tertiary alicyclic amines) is 1. The number of carbonyl (C=O) groups excluding carboxylic acids is 1. The molecule has 0 bridgehead atoms. The van der Waals surface area contributed by atoms with Gasteiger partial charge in [-0.1, -0.05) is 35.0 Å².